The molecule has 0 aliphatic carbocycles. The summed E-state index contributed by atoms with van der Waals surface area (Å²) in [4.78, 5) is 17.0. The first-order valence-corrected chi connectivity index (χ1v) is 12.7. The SMILES string of the molecule is CC(C)OCCCCCCCCNC(=O)CN1CCN(c2ccc(C(C)(C)C)cc2)CC1. The molecule has 0 atom stereocenters. The van der Waals surface area contributed by atoms with Gasteiger partial charge in [0.15, 0.2) is 0 Å². The van der Waals surface area contributed by atoms with Gasteiger partial charge in [-0.25, -0.2) is 0 Å². The second-order valence-corrected chi connectivity index (χ2v) is 10.5. The van der Waals surface area contributed by atoms with E-state index in [-0.39, 0.29) is 11.3 Å². The Hall–Kier alpha value is -1.59. The lowest BCUT2D eigenvalue weighted by Crippen LogP contribution is -2.49. The number of anilines is 1. The first-order valence-electron chi connectivity index (χ1n) is 12.7. The quantitative estimate of drug-likeness (QED) is 0.435. The molecule has 0 radical (unpaired) electrons. The van der Waals surface area contributed by atoms with Crippen LogP contribution in [0.4, 0.5) is 5.69 Å². The van der Waals surface area contributed by atoms with Gasteiger partial charge in [-0.15, -0.1) is 0 Å². The lowest BCUT2D eigenvalue weighted by Gasteiger charge is -2.36. The summed E-state index contributed by atoms with van der Waals surface area (Å²) in [5.74, 6) is 0.166. The van der Waals surface area contributed by atoms with Gasteiger partial charge in [0, 0.05) is 45.0 Å². The Morgan fingerprint density at radius 1 is 0.938 bits per heavy atom. The summed E-state index contributed by atoms with van der Waals surface area (Å²) in [6.07, 6.45) is 7.52. The summed E-state index contributed by atoms with van der Waals surface area (Å²) >= 11 is 0. The maximum Gasteiger partial charge on any atom is 0.234 e. The predicted molar refractivity (Wildman–Crippen MR) is 136 cm³/mol. The molecule has 0 aromatic heterocycles. The molecular formula is C27H47N3O2. The van der Waals surface area contributed by atoms with Crippen LogP contribution >= 0.6 is 0 Å². The van der Waals surface area contributed by atoms with Gasteiger partial charge in [-0.1, -0.05) is 58.6 Å². The van der Waals surface area contributed by atoms with E-state index < -0.39 is 0 Å². The van der Waals surface area contributed by atoms with Crippen molar-refractivity contribution in [3.8, 4) is 0 Å². The zero-order valence-corrected chi connectivity index (χ0v) is 21.3. The highest BCUT2D eigenvalue weighted by molar-refractivity contribution is 5.78. The minimum Gasteiger partial charge on any atom is -0.379 e. The van der Waals surface area contributed by atoms with Crippen LogP contribution < -0.4 is 10.2 Å². The first kappa shape index (κ1) is 26.7. The topological polar surface area (TPSA) is 44.8 Å². The molecule has 2 rings (SSSR count). The maximum absolute atomic E-state index is 12.3. The second-order valence-electron chi connectivity index (χ2n) is 10.5. The van der Waals surface area contributed by atoms with E-state index in [0.717, 1.165) is 52.2 Å². The van der Waals surface area contributed by atoms with Crippen LogP contribution in [0.1, 0.15) is 78.7 Å². The van der Waals surface area contributed by atoms with Crippen LogP contribution in [0, 0.1) is 0 Å². The molecular weight excluding hydrogens is 398 g/mol. The van der Waals surface area contributed by atoms with E-state index in [1.165, 1.54) is 36.9 Å². The van der Waals surface area contributed by atoms with Gasteiger partial charge < -0.3 is 15.0 Å². The van der Waals surface area contributed by atoms with E-state index in [2.05, 4.69) is 74.0 Å². The minimum atomic E-state index is 0.166. The number of unbranched alkanes of at least 4 members (excludes halogenated alkanes) is 5. The van der Waals surface area contributed by atoms with Gasteiger partial charge in [0.1, 0.15) is 0 Å². The number of benzene rings is 1. The van der Waals surface area contributed by atoms with Gasteiger partial charge in [0.05, 0.1) is 12.6 Å². The fraction of sp³-hybridized carbons (Fsp3) is 0.741. The highest BCUT2D eigenvalue weighted by Gasteiger charge is 2.20. The fourth-order valence-corrected chi connectivity index (χ4v) is 4.08. The lowest BCUT2D eigenvalue weighted by molar-refractivity contribution is -0.122. The molecule has 5 heteroatoms. The Morgan fingerprint density at radius 3 is 2.12 bits per heavy atom. The standard InChI is InChI=1S/C27H47N3O2/c1-23(2)32-21-11-9-7-6-8-10-16-28-26(31)22-29-17-19-30(20-18-29)25-14-12-24(13-15-25)27(3,4)5/h12-15,23H,6-11,16-22H2,1-5H3,(H,28,31). The summed E-state index contributed by atoms with van der Waals surface area (Å²) in [6, 6.07) is 8.97. The molecule has 0 spiro atoms. The van der Waals surface area contributed by atoms with Gasteiger partial charge in [-0.3, -0.25) is 9.69 Å². The smallest absolute Gasteiger partial charge is 0.234 e. The third kappa shape index (κ3) is 10.4. The summed E-state index contributed by atoms with van der Waals surface area (Å²) in [5.41, 5.74) is 2.84. The first-order chi connectivity index (χ1) is 15.3. The average Bonchev–Trinajstić information content (AvgIpc) is 2.75. The van der Waals surface area contributed by atoms with Crippen molar-refractivity contribution in [2.75, 3.05) is 50.8 Å². The molecule has 1 heterocycles. The van der Waals surface area contributed by atoms with Crippen molar-refractivity contribution in [3.05, 3.63) is 29.8 Å². The van der Waals surface area contributed by atoms with Gasteiger partial charge in [0.2, 0.25) is 5.91 Å². The van der Waals surface area contributed by atoms with Crippen molar-refractivity contribution in [1.82, 2.24) is 10.2 Å². The molecule has 0 unspecified atom stereocenters. The molecule has 1 aliphatic rings. The molecule has 1 amide bonds. The molecule has 1 saturated heterocycles. The van der Waals surface area contributed by atoms with Gasteiger partial charge in [-0.2, -0.15) is 0 Å². The average molecular weight is 446 g/mol. The van der Waals surface area contributed by atoms with Crippen molar-refractivity contribution in [2.45, 2.75) is 84.7 Å². The van der Waals surface area contributed by atoms with Crippen LogP contribution in [0.3, 0.4) is 0 Å². The summed E-state index contributed by atoms with van der Waals surface area (Å²) in [6.45, 7) is 16.9. The van der Waals surface area contributed by atoms with Crippen LogP contribution in [0.15, 0.2) is 24.3 Å². The molecule has 0 saturated carbocycles. The maximum atomic E-state index is 12.3. The number of rotatable bonds is 13. The number of hydrogen-bond acceptors (Lipinski definition) is 4. The summed E-state index contributed by atoms with van der Waals surface area (Å²) in [5, 5.41) is 3.10. The monoisotopic (exact) mass is 445 g/mol. The highest BCUT2D eigenvalue weighted by atomic mass is 16.5. The Bertz CT molecular complexity index is 644. The van der Waals surface area contributed by atoms with Gasteiger partial charge in [-0.05, 0) is 49.8 Å². The number of carbonyl (C=O) groups excluding carboxylic acids is 1. The van der Waals surface area contributed by atoms with E-state index in [1.54, 1.807) is 0 Å². The van der Waals surface area contributed by atoms with Gasteiger partial charge >= 0.3 is 0 Å². The molecule has 1 aliphatic heterocycles. The fourth-order valence-electron chi connectivity index (χ4n) is 4.08. The van der Waals surface area contributed by atoms with Crippen LogP contribution in [0.2, 0.25) is 0 Å². The minimum absolute atomic E-state index is 0.166. The molecule has 32 heavy (non-hydrogen) atoms. The van der Waals surface area contributed by atoms with E-state index in [4.69, 9.17) is 4.74 Å². The molecule has 0 bridgehead atoms. The van der Waals surface area contributed by atoms with Crippen LogP contribution in [0.5, 0.6) is 0 Å². The zero-order chi connectivity index (χ0) is 23.4. The van der Waals surface area contributed by atoms with Crippen LogP contribution in [-0.2, 0) is 14.9 Å². The van der Waals surface area contributed by atoms with Crippen molar-refractivity contribution < 1.29 is 9.53 Å². The van der Waals surface area contributed by atoms with E-state index in [1.807, 2.05) is 0 Å². The Balaban J connectivity index is 1.52. The molecule has 1 aromatic rings. The largest absolute Gasteiger partial charge is 0.379 e. The third-order valence-electron chi connectivity index (χ3n) is 6.18. The second kappa shape index (κ2) is 13.8. The Morgan fingerprint density at radius 2 is 1.53 bits per heavy atom. The highest BCUT2D eigenvalue weighted by Crippen LogP contribution is 2.25. The number of ether oxygens (including phenoxy) is 1. The van der Waals surface area contributed by atoms with Crippen molar-refractivity contribution >= 4 is 11.6 Å². The van der Waals surface area contributed by atoms with Crippen molar-refractivity contribution in [3.63, 3.8) is 0 Å². The Kier molecular flexibility index (Phi) is 11.5. The molecule has 182 valence electrons. The lowest BCUT2D eigenvalue weighted by atomic mass is 9.87. The van der Waals surface area contributed by atoms with Crippen molar-refractivity contribution in [1.29, 1.82) is 0 Å². The summed E-state index contributed by atoms with van der Waals surface area (Å²) < 4.78 is 5.57. The number of nitrogens with zero attached hydrogens (tertiary/aromatic N) is 2. The number of nitrogens with one attached hydrogen (secondary N) is 1. The summed E-state index contributed by atoms with van der Waals surface area (Å²) in [7, 11) is 0. The van der Waals surface area contributed by atoms with Crippen LogP contribution in [0.25, 0.3) is 0 Å². The number of amides is 1. The van der Waals surface area contributed by atoms with Crippen molar-refractivity contribution in [2.24, 2.45) is 0 Å². The molecule has 1 fully saturated rings. The number of piperazine rings is 1. The van der Waals surface area contributed by atoms with Crippen LogP contribution in [-0.4, -0.2) is 62.8 Å². The number of carbonyl (C=O) groups is 1. The molecule has 1 N–H and O–H groups in total. The third-order valence-corrected chi connectivity index (χ3v) is 6.18. The zero-order valence-electron chi connectivity index (χ0n) is 21.3. The van der Waals surface area contributed by atoms with E-state index in [0.29, 0.717) is 12.6 Å². The Labute approximate surface area is 196 Å². The molecule has 1 aromatic carbocycles. The van der Waals surface area contributed by atoms with Gasteiger partial charge in [0.25, 0.3) is 0 Å². The van der Waals surface area contributed by atoms with E-state index in [9.17, 15) is 4.79 Å². The normalized spacial score (nSPS) is 15.4. The molecule has 5 nitrogen and oxygen atoms in total. The number of hydrogen-bond donors (Lipinski definition) is 1. The predicted octanol–water partition coefficient (Wildman–Crippen LogP) is 4.99. The van der Waals surface area contributed by atoms with E-state index >= 15 is 0 Å².